The highest BCUT2D eigenvalue weighted by atomic mass is 32.1. The Labute approximate surface area is 168 Å². The number of fused-ring (bicyclic) bond motifs is 1. The van der Waals surface area contributed by atoms with Crippen molar-refractivity contribution in [3.8, 4) is 0 Å². The number of aryl methyl sites for hydroxylation is 2. The summed E-state index contributed by atoms with van der Waals surface area (Å²) in [4.78, 5) is 28.4. The molecule has 0 atom stereocenters. The molecule has 2 N–H and O–H groups in total. The highest BCUT2D eigenvalue weighted by molar-refractivity contribution is 7.71. The van der Waals surface area contributed by atoms with Crippen molar-refractivity contribution in [2.45, 2.75) is 26.8 Å². The molecule has 0 fully saturated rings. The van der Waals surface area contributed by atoms with Crippen LogP contribution in [0.2, 0.25) is 0 Å². The number of H-pyrrole nitrogens is 1. The number of aromatic nitrogens is 2. The van der Waals surface area contributed by atoms with E-state index in [1.165, 1.54) is 4.57 Å². The molecule has 0 radical (unpaired) electrons. The first-order chi connectivity index (χ1) is 13.4. The summed E-state index contributed by atoms with van der Waals surface area (Å²) in [6.45, 7) is 5.05. The third-order valence-corrected chi connectivity index (χ3v) is 5.06. The van der Waals surface area contributed by atoms with E-state index in [4.69, 9.17) is 17.0 Å². The number of carbonyl (C=O) groups excluding carboxylic acids is 1. The molecule has 7 heteroatoms. The Hall–Kier alpha value is -2.77. The maximum absolute atomic E-state index is 12.7. The minimum absolute atomic E-state index is 0.170. The van der Waals surface area contributed by atoms with Gasteiger partial charge in [0.1, 0.15) is 0 Å². The van der Waals surface area contributed by atoms with Crippen molar-refractivity contribution in [2.75, 3.05) is 19.0 Å². The first-order valence-electron chi connectivity index (χ1n) is 9.05. The average Bonchev–Trinajstić information content (AvgIpc) is 2.67. The SMILES string of the molecule is COCCCn1c(=S)[nH]c2cc(C(=O)Nc3ccc(C)c(C)c3)ccc2c1=O. The highest BCUT2D eigenvalue weighted by Gasteiger charge is 2.11. The lowest BCUT2D eigenvalue weighted by molar-refractivity contribution is 0.102. The summed E-state index contributed by atoms with van der Waals surface area (Å²) in [7, 11) is 1.62. The van der Waals surface area contributed by atoms with Gasteiger partial charge in [0.05, 0.1) is 10.9 Å². The van der Waals surface area contributed by atoms with Gasteiger partial charge in [0.2, 0.25) is 0 Å². The predicted octanol–water partition coefficient (Wildman–Crippen LogP) is 3.96. The lowest BCUT2D eigenvalue weighted by Gasteiger charge is -2.10. The zero-order chi connectivity index (χ0) is 20.3. The minimum atomic E-state index is -0.242. The molecule has 0 bridgehead atoms. The standard InChI is InChI=1S/C21H23N3O3S/c1-13-5-7-16(11-14(13)2)22-19(25)15-6-8-17-18(12-15)23-21(28)24(20(17)26)9-4-10-27-3/h5-8,11-12H,4,9-10H2,1-3H3,(H,22,25)(H,23,28). The van der Waals surface area contributed by atoms with Gasteiger partial charge in [0.15, 0.2) is 4.77 Å². The van der Waals surface area contributed by atoms with E-state index < -0.39 is 0 Å². The summed E-state index contributed by atoms with van der Waals surface area (Å²) in [5.74, 6) is -0.242. The second kappa shape index (κ2) is 8.50. The first-order valence-corrected chi connectivity index (χ1v) is 9.46. The van der Waals surface area contributed by atoms with Gasteiger partial charge in [0, 0.05) is 31.5 Å². The summed E-state index contributed by atoms with van der Waals surface area (Å²) in [5.41, 5.74) is 3.83. The Morgan fingerprint density at radius 1 is 1.18 bits per heavy atom. The number of benzene rings is 2. The summed E-state index contributed by atoms with van der Waals surface area (Å²) >= 11 is 5.32. The van der Waals surface area contributed by atoms with E-state index in [2.05, 4.69) is 10.3 Å². The number of nitrogens with zero attached hydrogens (tertiary/aromatic N) is 1. The molecule has 28 heavy (non-hydrogen) atoms. The molecule has 1 aromatic heterocycles. The Bertz CT molecular complexity index is 1150. The van der Waals surface area contributed by atoms with Gasteiger partial charge in [-0.05, 0) is 73.9 Å². The van der Waals surface area contributed by atoms with E-state index in [9.17, 15) is 9.59 Å². The Balaban J connectivity index is 1.90. The van der Waals surface area contributed by atoms with Gasteiger partial charge in [-0.15, -0.1) is 0 Å². The Kier molecular flexibility index (Phi) is 6.06. The van der Waals surface area contributed by atoms with Gasteiger partial charge < -0.3 is 15.0 Å². The lowest BCUT2D eigenvalue weighted by Crippen LogP contribution is -2.23. The van der Waals surface area contributed by atoms with E-state index in [0.29, 0.717) is 40.8 Å². The van der Waals surface area contributed by atoms with E-state index in [0.717, 1.165) is 16.8 Å². The van der Waals surface area contributed by atoms with E-state index in [-0.39, 0.29) is 11.5 Å². The van der Waals surface area contributed by atoms with Gasteiger partial charge in [-0.3, -0.25) is 14.2 Å². The number of anilines is 1. The van der Waals surface area contributed by atoms with Crippen molar-refractivity contribution in [1.29, 1.82) is 0 Å². The molecule has 0 aliphatic heterocycles. The van der Waals surface area contributed by atoms with Crippen LogP contribution in [0.3, 0.4) is 0 Å². The van der Waals surface area contributed by atoms with Crippen LogP contribution in [0, 0.1) is 18.6 Å². The fourth-order valence-electron chi connectivity index (χ4n) is 2.99. The van der Waals surface area contributed by atoms with Crippen LogP contribution in [0.4, 0.5) is 5.69 Å². The van der Waals surface area contributed by atoms with Crippen LogP contribution in [-0.4, -0.2) is 29.2 Å². The minimum Gasteiger partial charge on any atom is -0.385 e. The fraction of sp³-hybridized carbons (Fsp3) is 0.286. The molecule has 1 amide bonds. The third-order valence-electron chi connectivity index (χ3n) is 4.74. The lowest BCUT2D eigenvalue weighted by atomic mass is 10.1. The van der Waals surface area contributed by atoms with Crippen LogP contribution >= 0.6 is 12.2 Å². The zero-order valence-corrected chi connectivity index (χ0v) is 17.0. The molecule has 0 unspecified atom stereocenters. The highest BCUT2D eigenvalue weighted by Crippen LogP contribution is 2.17. The fourth-order valence-corrected chi connectivity index (χ4v) is 3.27. The third kappa shape index (κ3) is 4.21. The number of rotatable bonds is 6. The maximum atomic E-state index is 12.7. The first kappa shape index (κ1) is 20.0. The molecule has 6 nitrogen and oxygen atoms in total. The van der Waals surface area contributed by atoms with Crippen molar-refractivity contribution in [3.63, 3.8) is 0 Å². The Morgan fingerprint density at radius 2 is 1.96 bits per heavy atom. The predicted molar refractivity (Wildman–Crippen MR) is 114 cm³/mol. The molecule has 0 saturated carbocycles. The van der Waals surface area contributed by atoms with Crippen molar-refractivity contribution >= 4 is 34.7 Å². The topological polar surface area (TPSA) is 76.1 Å². The molecule has 3 aromatic rings. The van der Waals surface area contributed by atoms with Crippen molar-refractivity contribution in [3.05, 3.63) is 68.2 Å². The Morgan fingerprint density at radius 3 is 2.68 bits per heavy atom. The number of methoxy groups -OCH3 is 1. The van der Waals surface area contributed by atoms with Crippen LogP contribution < -0.4 is 10.9 Å². The van der Waals surface area contributed by atoms with Crippen molar-refractivity contribution < 1.29 is 9.53 Å². The van der Waals surface area contributed by atoms with Crippen LogP contribution in [0.5, 0.6) is 0 Å². The molecular weight excluding hydrogens is 374 g/mol. The summed E-state index contributed by atoms with van der Waals surface area (Å²) in [6, 6.07) is 10.7. The second-order valence-corrected chi connectivity index (χ2v) is 7.13. The summed E-state index contributed by atoms with van der Waals surface area (Å²) in [6.07, 6.45) is 0.690. The van der Waals surface area contributed by atoms with Gasteiger partial charge in [0.25, 0.3) is 11.5 Å². The number of hydrogen-bond acceptors (Lipinski definition) is 4. The monoisotopic (exact) mass is 397 g/mol. The smallest absolute Gasteiger partial charge is 0.262 e. The molecule has 3 rings (SSSR count). The van der Waals surface area contributed by atoms with Crippen LogP contribution in [0.25, 0.3) is 10.9 Å². The van der Waals surface area contributed by atoms with E-state index in [1.54, 1.807) is 25.3 Å². The van der Waals surface area contributed by atoms with E-state index in [1.807, 2.05) is 32.0 Å². The van der Waals surface area contributed by atoms with Gasteiger partial charge in [-0.25, -0.2) is 0 Å². The number of nitrogens with one attached hydrogen (secondary N) is 2. The maximum Gasteiger partial charge on any atom is 0.262 e. The molecular formula is C21H23N3O3S. The second-order valence-electron chi connectivity index (χ2n) is 6.75. The largest absolute Gasteiger partial charge is 0.385 e. The molecule has 1 heterocycles. The van der Waals surface area contributed by atoms with Crippen molar-refractivity contribution in [2.24, 2.45) is 0 Å². The molecule has 0 spiro atoms. The van der Waals surface area contributed by atoms with Gasteiger partial charge >= 0.3 is 0 Å². The number of aromatic amines is 1. The summed E-state index contributed by atoms with van der Waals surface area (Å²) < 4.78 is 6.88. The quantitative estimate of drug-likeness (QED) is 0.488. The number of ether oxygens (including phenoxy) is 1. The number of carbonyl (C=O) groups is 1. The average molecular weight is 398 g/mol. The molecule has 0 aliphatic rings. The number of amides is 1. The molecule has 0 saturated heterocycles. The van der Waals surface area contributed by atoms with Crippen molar-refractivity contribution in [1.82, 2.24) is 9.55 Å². The molecule has 0 aliphatic carbocycles. The van der Waals surface area contributed by atoms with Crippen LogP contribution in [0.15, 0.2) is 41.2 Å². The molecule has 146 valence electrons. The number of hydrogen-bond donors (Lipinski definition) is 2. The normalized spacial score (nSPS) is 11.0. The van der Waals surface area contributed by atoms with Gasteiger partial charge in [-0.1, -0.05) is 6.07 Å². The molecule has 2 aromatic carbocycles. The summed E-state index contributed by atoms with van der Waals surface area (Å²) in [5, 5.41) is 3.38. The van der Waals surface area contributed by atoms with Crippen LogP contribution in [-0.2, 0) is 11.3 Å². The van der Waals surface area contributed by atoms with Gasteiger partial charge in [-0.2, -0.15) is 0 Å². The van der Waals surface area contributed by atoms with Crippen LogP contribution in [0.1, 0.15) is 27.9 Å². The zero-order valence-electron chi connectivity index (χ0n) is 16.2. The van der Waals surface area contributed by atoms with E-state index >= 15 is 0 Å².